The van der Waals surface area contributed by atoms with E-state index >= 15 is 0 Å². The lowest BCUT2D eigenvalue weighted by molar-refractivity contribution is 0.614. The van der Waals surface area contributed by atoms with Gasteiger partial charge in [0.05, 0.1) is 34.8 Å². The molecule has 0 radical (unpaired) electrons. The van der Waals surface area contributed by atoms with E-state index < -0.39 is 0 Å². The Balaban J connectivity index is 2.20. The minimum absolute atomic E-state index is 0.0210. The largest absolute Gasteiger partial charge is 0.374 e. The van der Waals surface area contributed by atoms with E-state index in [1.807, 2.05) is 6.92 Å². The van der Waals surface area contributed by atoms with Crippen LogP contribution in [0.15, 0.2) is 36.8 Å². The molecule has 0 saturated carbocycles. The number of hydrogen-bond donors (Lipinski definition) is 1. The molecular formula is C13H13ClFN3. The molecule has 0 aliphatic heterocycles. The maximum absolute atomic E-state index is 12.8. The lowest BCUT2D eigenvalue weighted by Crippen LogP contribution is -2.11. The highest BCUT2D eigenvalue weighted by atomic mass is 35.5. The van der Waals surface area contributed by atoms with Gasteiger partial charge in [-0.25, -0.2) is 4.39 Å². The van der Waals surface area contributed by atoms with Crippen LogP contribution in [-0.4, -0.2) is 9.97 Å². The Morgan fingerprint density at radius 1 is 1.33 bits per heavy atom. The summed E-state index contributed by atoms with van der Waals surface area (Å²) >= 11 is 6.06. The molecule has 2 aromatic rings. The zero-order valence-corrected chi connectivity index (χ0v) is 10.7. The van der Waals surface area contributed by atoms with Gasteiger partial charge in [-0.15, -0.1) is 0 Å². The van der Waals surface area contributed by atoms with Crippen LogP contribution < -0.4 is 5.32 Å². The second-order valence-electron chi connectivity index (χ2n) is 3.86. The second-order valence-corrected chi connectivity index (χ2v) is 4.27. The highest BCUT2D eigenvalue weighted by Gasteiger charge is 2.12. The van der Waals surface area contributed by atoms with Crippen molar-refractivity contribution in [1.82, 2.24) is 9.97 Å². The summed E-state index contributed by atoms with van der Waals surface area (Å²) in [7, 11) is 0. The lowest BCUT2D eigenvalue weighted by Gasteiger charge is -2.18. The van der Waals surface area contributed by atoms with Crippen molar-refractivity contribution < 1.29 is 4.39 Å². The van der Waals surface area contributed by atoms with Crippen LogP contribution in [0.5, 0.6) is 0 Å². The molecule has 0 aliphatic rings. The van der Waals surface area contributed by atoms with Crippen molar-refractivity contribution in [1.29, 1.82) is 0 Å². The van der Waals surface area contributed by atoms with Crippen LogP contribution in [0.3, 0.4) is 0 Å². The van der Waals surface area contributed by atoms with E-state index in [1.165, 1.54) is 12.3 Å². The van der Waals surface area contributed by atoms with Gasteiger partial charge in [0, 0.05) is 6.20 Å². The van der Waals surface area contributed by atoms with Gasteiger partial charge in [0.1, 0.15) is 5.82 Å². The van der Waals surface area contributed by atoms with Gasteiger partial charge < -0.3 is 5.32 Å². The Bertz CT molecular complexity index is 516. The Labute approximate surface area is 110 Å². The Hall–Kier alpha value is -1.68. The summed E-state index contributed by atoms with van der Waals surface area (Å²) in [6.07, 6.45) is 5.31. The number of rotatable bonds is 4. The van der Waals surface area contributed by atoms with E-state index in [-0.39, 0.29) is 11.9 Å². The molecule has 0 saturated heterocycles. The molecule has 0 aliphatic carbocycles. The van der Waals surface area contributed by atoms with Crippen LogP contribution in [0.25, 0.3) is 0 Å². The lowest BCUT2D eigenvalue weighted by atomic mass is 10.1. The predicted molar refractivity (Wildman–Crippen MR) is 70.1 cm³/mol. The third kappa shape index (κ3) is 2.96. The van der Waals surface area contributed by atoms with Gasteiger partial charge in [-0.05, 0) is 24.6 Å². The summed E-state index contributed by atoms with van der Waals surface area (Å²) in [5, 5.41) is 3.86. The van der Waals surface area contributed by atoms with Crippen LogP contribution in [0, 0.1) is 5.82 Å². The van der Waals surface area contributed by atoms with Crippen molar-refractivity contribution in [2.75, 3.05) is 5.32 Å². The van der Waals surface area contributed by atoms with Gasteiger partial charge in [0.25, 0.3) is 0 Å². The van der Waals surface area contributed by atoms with Crippen LogP contribution in [-0.2, 0) is 0 Å². The van der Waals surface area contributed by atoms with E-state index in [1.54, 1.807) is 24.5 Å². The normalized spacial score (nSPS) is 12.2. The van der Waals surface area contributed by atoms with Gasteiger partial charge in [0.15, 0.2) is 0 Å². The van der Waals surface area contributed by atoms with Gasteiger partial charge in [-0.2, -0.15) is 0 Å². The molecule has 1 unspecified atom stereocenters. The molecule has 0 aromatic carbocycles. The third-order valence-electron chi connectivity index (χ3n) is 2.61. The van der Waals surface area contributed by atoms with Gasteiger partial charge in [-0.1, -0.05) is 18.5 Å². The first-order valence-electron chi connectivity index (χ1n) is 5.68. The Kier molecular flexibility index (Phi) is 4.10. The van der Waals surface area contributed by atoms with Gasteiger partial charge in [0.2, 0.25) is 0 Å². The molecule has 5 heteroatoms. The average molecular weight is 266 g/mol. The number of anilines is 1. The standard InChI is InChI=1S/C13H13ClFN3/c1-2-11(12-4-3-9(15)7-17-12)18-13-8-16-6-5-10(13)14/h3-8,11,18H,2H2,1H3. The van der Waals surface area contributed by atoms with Crippen LogP contribution in [0.1, 0.15) is 25.1 Å². The van der Waals surface area contributed by atoms with Crippen molar-refractivity contribution in [3.8, 4) is 0 Å². The summed E-state index contributed by atoms with van der Waals surface area (Å²) < 4.78 is 12.8. The number of nitrogens with zero attached hydrogens (tertiary/aromatic N) is 2. The summed E-state index contributed by atoms with van der Waals surface area (Å²) in [5.74, 6) is -0.340. The van der Waals surface area contributed by atoms with Gasteiger partial charge >= 0.3 is 0 Å². The van der Waals surface area contributed by atoms with E-state index in [0.717, 1.165) is 17.8 Å². The highest BCUT2D eigenvalue weighted by Crippen LogP contribution is 2.26. The first-order valence-corrected chi connectivity index (χ1v) is 6.06. The monoisotopic (exact) mass is 265 g/mol. The average Bonchev–Trinajstić information content (AvgIpc) is 2.39. The summed E-state index contributed by atoms with van der Waals surface area (Å²) in [4.78, 5) is 8.09. The molecule has 0 spiro atoms. The van der Waals surface area contributed by atoms with Crippen molar-refractivity contribution in [3.05, 3.63) is 53.3 Å². The highest BCUT2D eigenvalue weighted by molar-refractivity contribution is 6.33. The van der Waals surface area contributed by atoms with E-state index in [9.17, 15) is 4.39 Å². The van der Waals surface area contributed by atoms with Gasteiger partial charge in [-0.3, -0.25) is 9.97 Å². The van der Waals surface area contributed by atoms with E-state index in [0.29, 0.717) is 5.02 Å². The van der Waals surface area contributed by atoms with Crippen LogP contribution in [0.2, 0.25) is 5.02 Å². The summed E-state index contributed by atoms with van der Waals surface area (Å²) in [5.41, 5.74) is 1.52. The molecule has 2 aromatic heterocycles. The fourth-order valence-corrected chi connectivity index (χ4v) is 1.81. The zero-order chi connectivity index (χ0) is 13.0. The molecule has 2 rings (SSSR count). The maximum atomic E-state index is 12.8. The van der Waals surface area contributed by atoms with Crippen LogP contribution >= 0.6 is 11.6 Å². The third-order valence-corrected chi connectivity index (χ3v) is 2.94. The molecule has 1 N–H and O–H groups in total. The van der Waals surface area contributed by atoms with Crippen molar-refractivity contribution in [2.45, 2.75) is 19.4 Å². The second kappa shape index (κ2) is 5.78. The molecule has 18 heavy (non-hydrogen) atoms. The Morgan fingerprint density at radius 2 is 2.17 bits per heavy atom. The minimum Gasteiger partial charge on any atom is -0.374 e. The SMILES string of the molecule is CCC(Nc1cnccc1Cl)c1ccc(F)cn1. The van der Waals surface area contributed by atoms with E-state index in [4.69, 9.17) is 11.6 Å². The predicted octanol–water partition coefficient (Wildman–Crippen LogP) is 3.83. The molecule has 2 heterocycles. The molecule has 0 bridgehead atoms. The van der Waals surface area contributed by atoms with Crippen LogP contribution in [0.4, 0.5) is 10.1 Å². The summed E-state index contributed by atoms with van der Waals surface area (Å²) in [6.45, 7) is 2.02. The Morgan fingerprint density at radius 3 is 2.78 bits per heavy atom. The van der Waals surface area contributed by atoms with E-state index in [2.05, 4.69) is 15.3 Å². The minimum atomic E-state index is -0.340. The maximum Gasteiger partial charge on any atom is 0.141 e. The number of halogens is 2. The van der Waals surface area contributed by atoms with Crippen molar-refractivity contribution >= 4 is 17.3 Å². The quantitative estimate of drug-likeness (QED) is 0.913. The molecule has 1 atom stereocenters. The molecular weight excluding hydrogens is 253 g/mol. The molecule has 94 valence electrons. The fraction of sp³-hybridized carbons (Fsp3) is 0.231. The summed E-state index contributed by atoms with van der Waals surface area (Å²) in [6, 6.07) is 4.76. The van der Waals surface area contributed by atoms with Crippen molar-refractivity contribution in [3.63, 3.8) is 0 Å². The first-order chi connectivity index (χ1) is 8.70. The first kappa shape index (κ1) is 12.8. The number of pyridine rings is 2. The molecule has 0 amide bonds. The fourth-order valence-electron chi connectivity index (χ4n) is 1.65. The number of hydrogen-bond acceptors (Lipinski definition) is 3. The molecule has 3 nitrogen and oxygen atoms in total. The topological polar surface area (TPSA) is 37.8 Å². The zero-order valence-electron chi connectivity index (χ0n) is 9.90. The van der Waals surface area contributed by atoms with Crippen molar-refractivity contribution in [2.24, 2.45) is 0 Å². The molecule has 0 fully saturated rings. The number of aromatic nitrogens is 2. The smallest absolute Gasteiger partial charge is 0.141 e. The number of nitrogens with one attached hydrogen (secondary N) is 1.